The van der Waals surface area contributed by atoms with Crippen LogP contribution in [0.1, 0.15) is 27.0 Å². The summed E-state index contributed by atoms with van der Waals surface area (Å²) in [5.74, 6) is -0.251. The summed E-state index contributed by atoms with van der Waals surface area (Å²) in [4.78, 5) is 12.4. The Balaban J connectivity index is 2.30. The molecule has 3 aromatic rings. The summed E-state index contributed by atoms with van der Waals surface area (Å²) in [6.45, 7) is 0. The van der Waals surface area contributed by atoms with Crippen LogP contribution < -0.4 is 5.32 Å². The zero-order valence-corrected chi connectivity index (χ0v) is 14.5. The van der Waals surface area contributed by atoms with E-state index >= 15 is 0 Å². The van der Waals surface area contributed by atoms with E-state index in [4.69, 9.17) is 11.6 Å². The van der Waals surface area contributed by atoms with Crippen LogP contribution in [0, 0.1) is 0 Å². The van der Waals surface area contributed by atoms with Crippen molar-refractivity contribution in [2.45, 2.75) is 5.60 Å². The van der Waals surface area contributed by atoms with Gasteiger partial charge in [0.15, 0.2) is 0 Å². The number of carbonyl (C=O) groups is 1. The van der Waals surface area contributed by atoms with Crippen LogP contribution in [0.2, 0.25) is 5.02 Å². The Bertz CT molecular complexity index is 878. The van der Waals surface area contributed by atoms with Crippen molar-refractivity contribution in [2.24, 2.45) is 0 Å². The van der Waals surface area contributed by atoms with Crippen molar-refractivity contribution in [3.8, 4) is 0 Å². The Morgan fingerprint density at radius 1 is 0.880 bits per heavy atom. The summed E-state index contributed by atoms with van der Waals surface area (Å²) in [5, 5.41) is 15.0. The van der Waals surface area contributed by atoms with Crippen molar-refractivity contribution in [1.82, 2.24) is 5.32 Å². The van der Waals surface area contributed by atoms with Crippen LogP contribution in [0.25, 0.3) is 0 Å². The largest absolute Gasteiger partial charge is 0.376 e. The van der Waals surface area contributed by atoms with Crippen molar-refractivity contribution in [2.75, 3.05) is 7.05 Å². The quantitative estimate of drug-likeness (QED) is 0.698. The van der Waals surface area contributed by atoms with Crippen LogP contribution in [-0.2, 0) is 5.60 Å². The molecule has 0 aromatic heterocycles. The molecule has 1 atom stereocenters. The van der Waals surface area contributed by atoms with E-state index in [1.807, 2.05) is 36.4 Å². The first kappa shape index (κ1) is 17.2. The van der Waals surface area contributed by atoms with Gasteiger partial charge in [0, 0.05) is 23.2 Å². The molecule has 25 heavy (non-hydrogen) atoms. The number of carbonyl (C=O) groups excluding carboxylic acids is 1. The van der Waals surface area contributed by atoms with Gasteiger partial charge in [0.1, 0.15) is 5.60 Å². The summed E-state index contributed by atoms with van der Waals surface area (Å²) in [5.41, 5.74) is 0.775. The standard InChI is InChI=1S/C21H18ClNO2/c1-23-20(24)18-9-5-6-10-19(18)21(25,15-7-3-2-4-8-15)16-11-13-17(22)14-12-16/h2-14,25H,1H3,(H,23,24)/t21-/m1/s1. The highest BCUT2D eigenvalue weighted by atomic mass is 35.5. The molecule has 0 spiro atoms. The molecule has 3 rings (SSSR count). The van der Waals surface area contributed by atoms with Gasteiger partial charge in [-0.3, -0.25) is 4.79 Å². The third kappa shape index (κ3) is 3.16. The van der Waals surface area contributed by atoms with E-state index in [0.717, 1.165) is 0 Å². The van der Waals surface area contributed by atoms with Crippen LogP contribution in [0.15, 0.2) is 78.9 Å². The fourth-order valence-corrected chi connectivity index (χ4v) is 3.11. The average Bonchev–Trinajstić information content (AvgIpc) is 2.68. The Hall–Kier alpha value is -2.62. The highest BCUT2D eigenvalue weighted by Gasteiger charge is 2.36. The van der Waals surface area contributed by atoms with Gasteiger partial charge in [-0.1, -0.05) is 72.3 Å². The second-order valence-corrected chi connectivity index (χ2v) is 6.14. The Morgan fingerprint density at radius 2 is 1.44 bits per heavy atom. The molecule has 0 aliphatic rings. The van der Waals surface area contributed by atoms with E-state index in [0.29, 0.717) is 27.3 Å². The lowest BCUT2D eigenvalue weighted by Crippen LogP contribution is -2.32. The molecule has 3 nitrogen and oxygen atoms in total. The molecule has 4 heteroatoms. The lowest BCUT2D eigenvalue weighted by Gasteiger charge is -2.31. The zero-order valence-electron chi connectivity index (χ0n) is 13.7. The second-order valence-electron chi connectivity index (χ2n) is 5.71. The molecule has 0 unspecified atom stereocenters. The van der Waals surface area contributed by atoms with Gasteiger partial charge in [0.2, 0.25) is 0 Å². The first-order chi connectivity index (χ1) is 12.1. The smallest absolute Gasteiger partial charge is 0.251 e. The first-order valence-corrected chi connectivity index (χ1v) is 8.30. The lowest BCUT2D eigenvalue weighted by atomic mass is 9.78. The van der Waals surface area contributed by atoms with E-state index in [1.165, 1.54) is 0 Å². The van der Waals surface area contributed by atoms with Gasteiger partial charge in [-0.15, -0.1) is 0 Å². The molecular formula is C21H18ClNO2. The van der Waals surface area contributed by atoms with E-state index in [2.05, 4.69) is 5.32 Å². The summed E-state index contributed by atoms with van der Waals surface area (Å²) in [7, 11) is 1.57. The molecule has 0 bridgehead atoms. The first-order valence-electron chi connectivity index (χ1n) is 7.93. The molecule has 3 aromatic carbocycles. The fourth-order valence-electron chi connectivity index (χ4n) is 2.98. The maximum Gasteiger partial charge on any atom is 0.251 e. The average molecular weight is 352 g/mol. The molecule has 0 aliphatic carbocycles. The van der Waals surface area contributed by atoms with Crippen molar-refractivity contribution < 1.29 is 9.90 Å². The van der Waals surface area contributed by atoms with Crippen LogP contribution in [0.3, 0.4) is 0 Å². The van der Waals surface area contributed by atoms with Crippen molar-refractivity contribution in [3.05, 3.63) is 106 Å². The predicted molar refractivity (Wildman–Crippen MR) is 99.8 cm³/mol. The minimum atomic E-state index is -1.48. The summed E-state index contributed by atoms with van der Waals surface area (Å²) in [6.07, 6.45) is 0. The highest BCUT2D eigenvalue weighted by molar-refractivity contribution is 6.30. The summed E-state index contributed by atoms with van der Waals surface area (Å²) in [6, 6.07) is 23.4. The predicted octanol–water partition coefficient (Wildman–Crippen LogP) is 3.98. The van der Waals surface area contributed by atoms with E-state index in [1.54, 1.807) is 49.5 Å². The van der Waals surface area contributed by atoms with Gasteiger partial charge in [-0.25, -0.2) is 0 Å². The van der Waals surface area contributed by atoms with Gasteiger partial charge in [0.05, 0.1) is 0 Å². The SMILES string of the molecule is CNC(=O)c1ccccc1[C@@](O)(c1ccccc1)c1ccc(Cl)cc1. The molecule has 0 heterocycles. The Kier molecular flexibility index (Phi) is 4.88. The minimum absolute atomic E-state index is 0.251. The van der Waals surface area contributed by atoms with Crippen molar-refractivity contribution in [3.63, 3.8) is 0 Å². The number of aliphatic hydroxyl groups is 1. The van der Waals surface area contributed by atoms with Crippen LogP contribution in [0.5, 0.6) is 0 Å². The topological polar surface area (TPSA) is 49.3 Å². The maximum absolute atomic E-state index is 12.4. The summed E-state index contributed by atoms with van der Waals surface area (Å²) >= 11 is 6.01. The van der Waals surface area contributed by atoms with Crippen molar-refractivity contribution >= 4 is 17.5 Å². The van der Waals surface area contributed by atoms with Crippen molar-refractivity contribution in [1.29, 1.82) is 0 Å². The molecular weight excluding hydrogens is 334 g/mol. The number of amides is 1. The molecule has 0 radical (unpaired) electrons. The molecule has 0 saturated carbocycles. The number of hydrogen-bond acceptors (Lipinski definition) is 2. The van der Waals surface area contributed by atoms with Gasteiger partial charge in [0.25, 0.3) is 5.91 Å². The Morgan fingerprint density at radius 3 is 2.08 bits per heavy atom. The fraction of sp³-hybridized carbons (Fsp3) is 0.0952. The number of nitrogens with one attached hydrogen (secondary N) is 1. The minimum Gasteiger partial charge on any atom is -0.376 e. The van der Waals surface area contributed by atoms with Gasteiger partial charge in [-0.05, 0) is 29.3 Å². The van der Waals surface area contributed by atoms with Crippen LogP contribution >= 0.6 is 11.6 Å². The molecule has 0 saturated heterocycles. The normalized spacial score (nSPS) is 13.1. The van der Waals surface area contributed by atoms with E-state index in [9.17, 15) is 9.90 Å². The third-order valence-electron chi connectivity index (χ3n) is 4.24. The monoisotopic (exact) mass is 351 g/mol. The van der Waals surface area contributed by atoms with Crippen LogP contribution in [-0.4, -0.2) is 18.1 Å². The molecule has 126 valence electrons. The van der Waals surface area contributed by atoms with Crippen LogP contribution in [0.4, 0.5) is 0 Å². The van der Waals surface area contributed by atoms with Gasteiger partial charge >= 0.3 is 0 Å². The number of benzene rings is 3. The highest BCUT2D eigenvalue weighted by Crippen LogP contribution is 2.38. The van der Waals surface area contributed by atoms with E-state index < -0.39 is 5.60 Å². The third-order valence-corrected chi connectivity index (χ3v) is 4.49. The molecule has 1 amide bonds. The van der Waals surface area contributed by atoms with E-state index in [-0.39, 0.29) is 5.91 Å². The number of hydrogen-bond donors (Lipinski definition) is 2. The van der Waals surface area contributed by atoms with Gasteiger partial charge in [-0.2, -0.15) is 0 Å². The zero-order chi connectivity index (χ0) is 17.9. The molecule has 0 aliphatic heterocycles. The van der Waals surface area contributed by atoms with Gasteiger partial charge < -0.3 is 10.4 Å². The maximum atomic E-state index is 12.4. The second kappa shape index (κ2) is 7.09. The molecule has 0 fully saturated rings. The summed E-state index contributed by atoms with van der Waals surface area (Å²) < 4.78 is 0. The lowest BCUT2D eigenvalue weighted by molar-refractivity contribution is 0.0940. The Labute approximate surface area is 151 Å². The number of halogens is 1. The number of rotatable bonds is 4. The molecule has 2 N–H and O–H groups in total.